The maximum absolute atomic E-state index is 12.5. The number of likely N-dealkylation sites (tertiary alicyclic amines) is 1. The van der Waals surface area contributed by atoms with Crippen LogP contribution in [-0.2, 0) is 0 Å². The number of carbonyl (C=O) groups excluding carboxylic acids is 1. The van der Waals surface area contributed by atoms with Gasteiger partial charge in [0, 0.05) is 30.8 Å². The third kappa shape index (κ3) is 3.45. The lowest BCUT2D eigenvalue weighted by Gasteiger charge is -2.18. The van der Waals surface area contributed by atoms with E-state index in [1.165, 1.54) is 0 Å². The maximum atomic E-state index is 12.5. The van der Waals surface area contributed by atoms with Crippen LogP contribution in [0.25, 0.3) is 0 Å². The topological polar surface area (TPSA) is 50.8 Å². The van der Waals surface area contributed by atoms with Gasteiger partial charge in [-0.25, -0.2) is 4.79 Å². The fraction of sp³-hybridized carbons (Fsp3) is 0.316. The first-order valence-corrected chi connectivity index (χ1v) is 8.04. The number of carbonyl (C=O) groups is 1. The molecule has 1 saturated heterocycles. The molecule has 5 heteroatoms. The van der Waals surface area contributed by atoms with E-state index in [9.17, 15) is 4.79 Å². The first-order chi connectivity index (χ1) is 11.7. The lowest BCUT2D eigenvalue weighted by Crippen LogP contribution is -2.32. The molecule has 0 saturated carbocycles. The molecule has 1 heterocycles. The number of amides is 2. The van der Waals surface area contributed by atoms with Crippen LogP contribution >= 0.6 is 0 Å². The number of methoxy groups -OCH3 is 2. The van der Waals surface area contributed by atoms with E-state index in [1.54, 1.807) is 14.2 Å². The van der Waals surface area contributed by atoms with Gasteiger partial charge in [0.25, 0.3) is 0 Å². The molecular formula is C19H22N2O3. The van der Waals surface area contributed by atoms with E-state index in [0.717, 1.165) is 35.7 Å². The van der Waals surface area contributed by atoms with Crippen molar-refractivity contribution in [2.75, 3.05) is 32.6 Å². The lowest BCUT2D eigenvalue weighted by atomic mass is 9.97. The van der Waals surface area contributed by atoms with Crippen LogP contribution in [0.4, 0.5) is 10.5 Å². The molecule has 0 spiro atoms. The van der Waals surface area contributed by atoms with Crippen molar-refractivity contribution in [1.29, 1.82) is 0 Å². The molecule has 0 unspecified atom stereocenters. The van der Waals surface area contributed by atoms with E-state index in [-0.39, 0.29) is 6.03 Å². The van der Waals surface area contributed by atoms with Crippen LogP contribution in [-0.4, -0.2) is 38.2 Å². The summed E-state index contributed by atoms with van der Waals surface area (Å²) in [6, 6.07) is 15.3. The lowest BCUT2D eigenvalue weighted by molar-refractivity contribution is 0.222. The SMILES string of the molecule is COc1cccc(NC(=O)N2CC[C@@H](c3ccccc3OC)C2)c1. The van der Waals surface area contributed by atoms with Crippen molar-refractivity contribution in [3.05, 3.63) is 54.1 Å². The predicted molar refractivity (Wildman–Crippen MR) is 93.9 cm³/mol. The largest absolute Gasteiger partial charge is 0.497 e. The predicted octanol–water partition coefficient (Wildman–Crippen LogP) is 3.73. The molecule has 0 aliphatic carbocycles. The minimum atomic E-state index is -0.0827. The van der Waals surface area contributed by atoms with Gasteiger partial charge in [-0.3, -0.25) is 0 Å². The van der Waals surface area contributed by atoms with Crippen LogP contribution in [0, 0.1) is 0 Å². The number of nitrogens with zero attached hydrogens (tertiary/aromatic N) is 1. The normalized spacial score (nSPS) is 16.8. The Kier molecular flexibility index (Phi) is 4.89. The molecule has 1 fully saturated rings. The van der Waals surface area contributed by atoms with Crippen LogP contribution in [0.1, 0.15) is 17.9 Å². The van der Waals surface area contributed by atoms with Gasteiger partial charge in [0.15, 0.2) is 0 Å². The molecule has 1 atom stereocenters. The van der Waals surface area contributed by atoms with Gasteiger partial charge < -0.3 is 19.7 Å². The van der Waals surface area contributed by atoms with E-state index < -0.39 is 0 Å². The monoisotopic (exact) mass is 326 g/mol. The number of para-hydroxylation sites is 1. The number of rotatable bonds is 4. The number of urea groups is 1. The minimum Gasteiger partial charge on any atom is -0.497 e. The van der Waals surface area contributed by atoms with Gasteiger partial charge >= 0.3 is 6.03 Å². The second kappa shape index (κ2) is 7.25. The highest BCUT2D eigenvalue weighted by atomic mass is 16.5. The second-order valence-corrected chi connectivity index (χ2v) is 5.84. The van der Waals surface area contributed by atoms with Crippen molar-refractivity contribution in [2.24, 2.45) is 0 Å². The van der Waals surface area contributed by atoms with Crippen molar-refractivity contribution in [3.63, 3.8) is 0 Å². The van der Waals surface area contributed by atoms with Gasteiger partial charge in [-0.2, -0.15) is 0 Å². The van der Waals surface area contributed by atoms with E-state index >= 15 is 0 Å². The number of ether oxygens (including phenoxy) is 2. The van der Waals surface area contributed by atoms with Crippen LogP contribution < -0.4 is 14.8 Å². The number of benzene rings is 2. The number of anilines is 1. The molecule has 3 rings (SSSR count). The van der Waals surface area contributed by atoms with Crippen molar-refractivity contribution in [2.45, 2.75) is 12.3 Å². The zero-order chi connectivity index (χ0) is 16.9. The molecule has 126 valence electrons. The zero-order valence-corrected chi connectivity index (χ0v) is 14.0. The van der Waals surface area contributed by atoms with Crippen molar-refractivity contribution in [3.8, 4) is 11.5 Å². The van der Waals surface area contributed by atoms with Crippen molar-refractivity contribution < 1.29 is 14.3 Å². The fourth-order valence-corrected chi connectivity index (χ4v) is 3.11. The Balaban J connectivity index is 1.65. The summed E-state index contributed by atoms with van der Waals surface area (Å²) in [6.07, 6.45) is 0.936. The van der Waals surface area contributed by atoms with Crippen LogP contribution in [0.3, 0.4) is 0 Å². The molecule has 0 radical (unpaired) electrons. The fourth-order valence-electron chi connectivity index (χ4n) is 3.11. The minimum absolute atomic E-state index is 0.0827. The Hall–Kier alpha value is -2.69. The summed E-state index contributed by atoms with van der Waals surface area (Å²) in [5, 5.41) is 2.93. The van der Waals surface area contributed by atoms with Gasteiger partial charge in [-0.05, 0) is 30.2 Å². The average molecular weight is 326 g/mol. The highest BCUT2D eigenvalue weighted by Crippen LogP contribution is 2.33. The molecule has 5 nitrogen and oxygen atoms in total. The molecule has 1 aliphatic heterocycles. The molecule has 2 amide bonds. The standard InChI is InChI=1S/C19H22N2O3/c1-23-16-7-5-6-15(12-16)20-19(22)21-11-10-14(13-21)17-8-3-4-9-18(17)24-2/h3-9,12,14H,10-11,13H2,1-2H3,(H,20,22)/t14-/m1/s1. The molecular weight excluding hydrogens is 304 g/mol. The zero-order valence-electron chi connectivity index (χ0n) is 14.0. The molecule has 1 N–H and O–H groups in total. The van der Waals surface area contributed by atoms with E-state index in [2.05, 4.69) is 11.4 Å². The molecule has 1 aliphatic rings. The quantitative estimate of drug-likeness (QED) is 0.931. The van der Waals surface area contributed by atoms with E-state index in [0.29, 0.717) is 12.5 Å². The van der Waals surface area contributed by atoms with Gasteiger partial charge in [-0.15, -0.1) is 0 Å². The van der Waals surface area contributed by atoms with Gasteiger partial charge in [0.1, 0.15) is 11.5 Å². The molecule has 2 aromatic carbocycles. The Morgan fingerprint density at radius 3 is 2.75 bits per heavy atom. The summed E-state index contributed by atoms with van der Waals surface area (Å²) in [4.78, 5) is 14.3. The van der Waals surface area contributed by atoms with Crippen molar-refractivity contribution >= 4 is 11.7 Å². The molecule has 0 aromatic heterocycles. The summed E-state index contributed by atoms with van der Waals surface area (Å²) in [6.45, 7) is 1.43. The van der Waals surface area contributed by atoms with E-state index in [4.69, 9.17) is 9.47 Å². The second-order valence-electron chi connectivity index (χ2n) is 5.84. The van der Waals surface area contributed by atoms with Gasteiger partial charge in [0.2, 0.25) is 0 Å². The van der Waals surface area contributed by atoms with Crippen LogP contribution in [0.15, 0.2) is 48.5 Å². The third-order valence-corrected chi connectivity index (χ3v) is 4.38. The summed E-state index contributed by atoms with van der Waals surface area (Å²) < 4.78 is 10.6. The van der Waals surface area contributed by atoms with Crippen LogP contribution in [0.2, 0.25) is 0 Å². The highest BCUT2D eigenvalue weighted by molar-refractivity contribution is 5.89. The number of nitrogens with one attached hydrogen (secondary N) is 1. The third-order valence-electron chi connectivity index (χ3n) is 4.38. The van der Waals surface area contributed by atoms with Crippen LogP contribution in [0.5, 0.6) is 11.5 Å². The maximum Gasteiger partial charge on any atom is 0.321 e. The smallest absolute Gasteiger partial charge is 0.321 e. The Morgan fingerprint density at radius 2 is 1.96 bits per heavy atom. The number of hydrogen-bond acceptors (Lipinski definition) is 3. The van der Waals surface area contributed by atoms with Gasteiger partial charge in [0.05, 0.1) is 14.2 Å². The number of hydrogen-bond donors (Lipinski definition) is 1. The molecule has 0 bridgehead atoms. The first-order valence-electron chi connectivity index (χ1n) is 8.04. The Bertz CT molecular complexity index is 717. The van der Waals surface area contributed by atoms with Crippen molar-refractivity contribution in [1.82, 2.24) is 4.90 Å². The summed E-state index contributed by atoms with van der Waals surface area (Å²) in [7, 11) is 3.29. The summed E-state index contributed by atoms with van der Waals surface area (Å²) in [5.74, 6) is 1.91. The molecule has 2 aromatic rings. The highest BCUT2D eigenvalue weighted by Gasteiger charge is 2.29. The first kappa shape index (κ1) is 16.2. The van der Waals surface area contributed by atoms with Gasteiger partial charge in [-0.1, -0.05) is 24.3 Å². The Labute approximate surface area is 142 Å². The summed E-state index contributed by atoms with van der Waals surface area (Å²) in [5.41, 5.74) is 1.90. The summed E-state index contributed by atoms with van der Waals surface area (Å²) >= 11 is 0. The average Bonchev–Trinajstić information content (AvgIpc) is 3.12. The molecule has 24 heavy (non-hydrogen) atoms. The Morgan fingerprint density at radius 1 is 1.12 bits per heavy atom. The van der Waals surface area contributed by atoms with E-state index in [1.807, 2.05) is 47.4 Å².